The molecule has 21 heavy (non-hydrogen) atoms. The van der Waals surface area contributed by atoms with Gasteiger partial charge in [0.05, 0.1) is 5.39 Å². The van der Waals surface area contributed by atoms with Crippen molar-refractivity contribution >= 4 is 33.9 Å². The van der Waals surface area contributed by atoms with E-state index in [2.05, 4.69) is 20.1 Å². The van der Waals surface area contributed by atoms with Gasteiger partial charge in [0.25, 0.3) is 5.91 Å². The third-order valence-electron chi connectivity index (χ3n) is 4.38. The van der Waals surface area contributed by atoms with Crippen LogP contribution in [0.25, 0.3) is 11.0 Å². The number of hydrogen-bond donors (Lipinski definition) is 1. The number of carbonyl (C=O) groups is 1. The minimum Gasteiger partial charge on any atom is -0.332 e. The number of rotatable bonds is 1. The van der Waals surface area contributed by atoms with Crippen LogP contribution in [0.1, 0.15) is 22.6 Å². The number of nitrogens with zero attached hydrogens (tertiary/aromatic N) is 4. The number of aromatic nitrogens is 3. The highest BCUT2D eigenvalue weighted by atomic mass is 79.9. The summed E-state index contributed by atoms with van der Waals surface area (Å²) in [6.45, 7) is 5.83. The van der Waals surface area contributed by atoms with Gasteiger partial charge in [-0.1, -0.05) is 0 Å². The van der Waals surface area contributed by atoms with Crippen molar-refractivity contribution in [1.82, 2.24) is 25.0 Å². The van der Waals surface area contributed by atoms with Crippen LogP contribution in [0.15, 0.2) is 12.1 Å². The summed E-state index contributed by atoms with van der Waals surface area (Å²) in [7, 11) is 0. The first-order chi connectivity index (χ1) is 9.72. The van der Waals surface area contributed by atoms with Gasteiger partial charge in [0, 0.05) is 37.9 Å². The Morgan fingerprint density at radius 2 is 2.19 bits per heavy atom. The number of hydrogen-bond acceptors (Lipinski definition) is 4. The lowest BCUT2D eigenvalue weighted by Gasteiger charge is -2.34. The first-order valence-electron chi connectivity index (χ1n) is 7.07. The molecule has 1 amide bonds. The molecule has 7 heteroatoms. The van der Waals surface area contributed by atoms with Gasteiger partial charge >= 0.3 is 0 Å². The predicted octanol–water partition coefficient (Wildman–Crippen LogP) is 1.37. The van der Waals surface area contributed by atoms with Crippen LogP contribution in [-0.4, -0.2) is 63.1 Å². The molecule has 4 heterocycles. The fraction of sp³-hybridized carbons (Fsp3) is 0.500. The molecule has 2 saturated heterocycles. The first kappa shape index (κ1) is 14.5. The number of piperazine rings is 1. The zero-order valence-corrected chi connectivity index (χ0v) is 13.6. The summed E-state index contributed by atoms with van der Waals surface area (Å²) in [5, 5.41) is 7.86. The Morgan fingerprint density at radius 3 is 3.05 bits per heavy atom. The lowest BCUT2D eigenvalue weighted by molar-refractivity contribution is 0.0605. The van der Waals surface area contributed by atoms with Gasteiger partial charge in [0.2, 0.25) is 0 Å². The number of H-pyrrole nitrogens is 1. The molecule has 2 aliphatic rings. The molecule has 0 radical (unpaired) electrons. The van der Waals surface area contributed by atoms with Gasteiger partial charge in [-0.25, -0.2) is 4.98 Å². The lowest BCUT2D eigenvalue weighted by Crippen LogP contribution is -2.49. The molecule has 6 nitrogen and oxygen atoms in total. The molecule has 0 aliphatic carbocycles. The van der Waals surface area contributed by atoms with Crippen molar-refractivity contribution in [3.8, 4) is 0 Å². The summed E-state index contributed by atoms with van der Waals surface area (Å²) >= 11 is 0. The number of amides is 1. The number of pyridine rings is 1. The average Bonchev–Trinajstić information content (AvgIpc) is 3.02. The van der Waals surface area contributed by atoms with Crippen LogP contribution in [0.2, 0.25) is 0 Å². The van der Waals surface area contributed by atoms with Crippen LogP contribution in [0.3, 0.4) is 0 Å². The summed E-state index contributed by atoms with van der Waals surface area (Å²) in [5.41, 5.74) is 2.11. The summed E-state index contributed by atoms with van der Waals surface area (Å²) in [4.78, 5) is 21.5. The molecule has 4 rings (SSSR count). The number of aryl methyl sites for hydroxylation is 1. The van der Waals surface area contributed by atoms with Crippen molar-refractivity contribution in [2.45, 2.75) is 19.4 Å². The fourth-order valence-electron chi connectivity index (χ4n) is 3.27. The monoisotopic (exact) mass is 351 g/mol. The molecule has 112 valence electrons. The van der Waals surface area contributed by atoms with Crippen molar-refractivity contribution in [1.29, 1.82) is 0 Å². The van der Waals surface area contributed by atoms with Crippen LogP contribution < -0.4 is 0 Å². The fourth-order valence-corrected chi connectivity index (χ4v) is 3.27. The third-order valence-corrected chi connectivity index (χ3v) is 4.38. The van der Waals surface area contributed by atoms with Crippen molar-refractivity contribution in [3.05, 3.63) is 23.5 Å². The highest BCUT2D eigenvalue weighted by molar-refractivity contribution is 8.93. The minimum atomic E-state index is 0. The zero-order valence-electron chi connectivity index (χ0n) is 11.9. The second-order valence-corrected chi connectivity index (χ2v) is 5.66. The largest absolute Gasteiger partial charge is 0.332 e. The van der Waals surface area contributed by atoms with E-state index in [4.69, 9.17) is 0 Å². The molecule has 0 spiro atoms. The lowest BCUT2D eigenvalue weighted by atomic mass is 10.1. The number of aromatic amines is 1. The van der Waals surface area contributed by atoms with E-state index in [1.807, 2.05) is 24.0 Å². The summed E-state index contributed by atoms with van der Waals surface area (Å²) in [6.07, 6.45) is 1.08. The number of halogens is 1. The van der Waals surface area contributed by atoms with E-state index in [9.17, 15) is 4.79 Å². The summed E-state index contributed by atoms with van der Waals surface area (Å²) in [6, 6.07) is 4.20. The van der Waals surface area contributed by atoms with Gasteiger partial charge in [-0.2, -0.15) is 5.10 Å². The van der Waals surface area contributed by atoms with E-state index in [1.165, 1.54) is 0 Å². The van der Waals surface area contributed by atoms with Crippen LogP contribution in [0.4, 0.5) is 0 Å². The van der Waals surface area contributed by atoms with Crippen LogP contribution >= 0.6 is 17.0 Å². The maximum absolute atomic E-state index is 12.8. The van der Waals surface area contributed by atoms with Crippen molar-refractivity contribution in [3.63, 3.8) is 0 Å². The molecule has 2 aromatic rings. The quantitative estimate of drug-likeness (QED) is 0.842. The van der Waals surface area contributed by atoms with Gasteiger partial charge in [-0.3, -0.25) is 14.8 Å². The normalized spacial score (nSPS) is 24.1. The molecular weight excluding hydrogens is 334 g/mol. The predicted molar refractivity (Wildman–Crippen MR) is 84.8 cm³/mol. The smallest absolute Gasteiger partial charge is 0.272 e. The number of carbonyl (C=O) groups excluding carboxylic acids is 1. The van der Waals surface area contributed by atoms with Crippen molar-refractivity contribution < 1.29 is 4.79 Å². The Hall–Kier alpha value is -1.47. The molecule has 2 aliphatic heterocycles. The van der Waals surface area contributed by atoms with Crippen molar-refractivity contribution in [2.75, 3.05) is 26.2 Å². The van der Waals surface area contributed by atoms with E-state index < -0.39 is 0 Å². The molecule has 0 saturated carbocycles. The SMILES string of the molecule is Br.Cc1ccc2c(C(=O)N3CCN4CCC3C4)[nH]nc2n1. The highest BCUT2D eigenvalue weighted by Crippen LogP contribution is 2.24. The Kier molecular flexibility index (Phi) is 3.71. The molecule has 2 fully saturated rings. The Morgan fingerprint density at radius 1 is 1.33 bits per heavy atom. The van der Waals surface area contributed by atoms with Gasteiger partial charge < -0.3 is 4.90 Å². The van der Waals surface area contributed by atoms with Gasteiger partial charge in [-0.05, 0) is 25.5 Å². The standard InChI is InChI=1S/C14H17N5O.BrH/c1-9-2-3-11-12(16-17-13(11)15-9)14(20)19-7-6-18-5-4-10(19)8-18;/h2-3,10H,4-8H2,1H3,(H,15,16,17);1H. The third kappa shape index (κ3) is 2.34. The van der Waals surface area contributed by atoms with Crippen LogP contribution in [0, 0.1) is 6.92 Å². The van der Waals surface area contributed by atoms with Crippen LogP contribution in [-0.2, 0) is 0 Å². The maximum Gasteiger partial charge on any atom is 0.272 e. The molecule has 1 N–H and O–H groups in total. The van der Waals surface area contributed by atoms with E-state index in [0.717, 1.165) is 43.7 Å². The molecule has 2 bridgehead atoms. The summed E-state index contributed by atoms with van der Waals surface area (Å²) < 4.78 is 0. The first-order valence-corrected chi connectivity index (χ1v) is 7.07. The van der Waals surface area contributed by atoms with E-state index in [1.54, 1.807) is 0 Å². The Balaban J connectivity index is 0.00000132. The molecule has 0 aromatic carbocycles. The molecule has 2 atom stereocenters. The minimum absolute atomic E-state index is 0. The van der Waals surface area contributed by atoms with Gasteiger partial charge in [-0.15, -0.1) is 17.0 Å². The molecule has 2 unspecified atom stereocenters. The number of nitrogens with one attached hydrogen (secondary N) is 1. The van der Waals surface area contributed by atoms with Crippen molar-refractivity contribution in [2.24, 2.45) is 0 Å². The van der Waals surface area contributed by atoms with E-state index in [0.29, 0.717) is 17.4 Å². The maximum atomic E-state index is 12.8. The zero-order chi connectivity index (χ0) is 13.7. The second-order valence-electron chi connectivity index (χ2n) is 5.66. The molecule has 2 aromatic heterocycles. The van der Waals surface area contributed by atoms with Gasteiger partial charge in [0.1, 0.15) is 5.69 Å². The highest BCUT2D eigenvalue weighted by Gasteiger charge is 2.36. The molecular formula is C14H18BrN5O. The van der Waals surface area contributed by atoms with E-state index in [-0.39, 0.29) is 22.9 Å². The average molecular weight is 352 g/mol. The van der Waals surface area contributed by atoms with E-state index >= 15 is 0 Å². The Labute approximate surface area is 133 Å². The Bertz CT molecular complexity index is 685. The van der Waals surface area contributed by atoms with Crippen LogP contribution in [0.5, 0.6) is 0 Å². The topological polar surface area (TPSA) is 65.1 Å². The summed E-state index contributed by atoms with van der Waals surface area (Å²) in [5.74, 6) is 0.0599. The van der Waals surface area contributed by atoms with Gasteiger partial charge in [0.15, 0.2) is 5.65 Å². The number of fused-ring (bicyclic) bond motifs is 3. The second kappa shape index (κ2) is 5.38.